The van der Waals surface area contributed by atoms with Crippen molar-refractivity contribution in [2.75, 3.05) is 20.2 Å². The molecule has 7 heteroatoms. The predicted octanol–water partition coefficient (Wildman–Crippen LogP) is 4.66. The molecule has 7 nitrogen and oxygen atoms in total. The largest absolute Gasteiger partial charge is 0.491 e. The van der Waals surface area contributed by atoms with Gasteiger partial charge in [-0.25, -0.2) is 9.97 Å². The summed E-state index contributed by atoms with van der Waals surface area (Å²) in [5, 5.41) is 17.1. The minimum atomic E-state index is -0.573. The maximum atomic E-state index is 9.99. The second-order valence-electron chi connectivity index (χ2n) is 9.71. The van der Waals surface area contributed by atoms with E-state index in [0.717, 1.165) is 51.9 Å². The first-order chi connectivity index (χ1) is 16.4. The zero-order valence-electron chi connectivity index (χ0n) is 20.9. The summed E-state index contributed by atoms with van der Waals surface area (Å²) in [5.41, 5.74) is 5.74. The molecule has 1 saturated carbocycles. The summed E-state index contributed by atoms with van der Waals surface area (Å²) in [6.45, 7) is 9.03. The molecule has 0 saturated heterocycles. The van der Waals surface area contributed by atoms with E-state index in [1.807, 2.05) is 38.1 Å². The van der Waals surface area contributed by atoms with Crippen LogP contribution in [0.15, 0.2) is 28.8 Å². The fourth-order valence-electron chi connectivity index (χ4n) is 4.95. The van der Waals surface area contributed by atoms with E-state index in [2.05, 4.69) is 24.3 Å². The van der Waals surface area contributed by atoms with Crippen LogP contribution < -0.4 is 10.1 Å². The third kappa shape index (κ3) is 5.47. The van der Waals surface area contributed by atoms with Gasteiger partial charge in [0.2, 0.25) is 0 Å². The van der Waals surface area contributed by atoms with E-state index in [1.165, 1.54) is 19.3 Å². The monoisotopic (exact) mass is 464 g/mol. The summed E-state index contributed by atoms with van der Waals surface area (Å²) in [4.78, 5) is 10.0. The molecule has 4 rings (SSSR count). The van der Waals surface area contributed by atoms with Crippen molar-refractivity contribution in [3.63, 3.8) is 0 Å². The van der Waals surface area contributed by atoms with E-state index in [-0.39, 0.29) is 6.61 Å². The minimum Gasteiger partial charge on any atom is -0.491 e. The van der Waals surface area contributed by atoms with Gasteiger partial charge >= 0.3 is 0 Å². The quantitative estimate of drug-likeness (QED) is 0.476. The number of likely N-dealkylation sites (N-methyl/N-ethyl adjacent to an activating group) is 1. The number of aromatic nitrogens is 3. The molecule has 1 aromatic carbocycles. The van der Waals surface area contributed by atoms with Gasteiger partial charge < -0.3 is 19.7 Å². The van der Waals surface area contributed by atoms with Gasteiger partial charge in [0.15, 0.2) is 5.82 Å². The van der Waals surface area contributed by atoms with Gasteiger partial charge in [-0.05, 0) is 76.6 Å². The molecule has 1 aliphatic carbocycles. The summed E-state index contributed by atoms with van der Waals surface area (Å²) in [7, 11) is 1.80. The van der Waals surface area contributed by atoms with Crippen molar-refractivity contribution in [2.24, 2.45) is 11.8 Å². The number of ether oxygens (including phenoxy) is 1. The van der Waals surface area contributed by atoms with E-state index in [4.69, 9.17) is 19.2 Å². The summed E-state index contributed by atoms with van der Waals surface area (Å²) in [6.07, 6.45) is 4.16. The van der Waals surface area contributed by atoms with Crippen molar-refractivity contribution >= 4 is 0 Å². The number of nitrogens with zero attached hydrogens (tertiary/aromatic N) is 3. The van der Waals surface area contributed by atoms with Crippen LogP contribution in [0.5, 0.6) is 5.75 Å². The molecule has 3 aromatic rings. The van der Waals surface area contributed by atoms with Crippen LogP contribution in [0.2, 0.25) is 0 Å². The van der Waals surface area contributed by atoms with Crippen molar-refractivity contribution < 1.29 is 14.4 Å². The SMILES string of the molecule is CNCC(O)COc1cccc(-c2nc(C[C@H]3CC[C@H](C)C3)c(C)c(-c3c(C)noc3C)n2)c1. The van der Waals surface area contributed by atoms with E-state index in [9.17, 15) is 5.11 Å². The van der Waals surface area contributed by atoms with Crippen molar-refractivity contribution in [3.8, 4) is 28.4 Å². The minimum absolute atomic E-state index is 0.217. The molecule has 0 bridgehead atoms. The summed E-state index contributed by atoms with van der Waals surface area (Å²) in [6, 6.07) is 7.77. The topological polar surface area (TPSA) is 93.3 Å². The van der Waals surface area contributed by atoms with Gasteiger partial charge in [0, 0.05) is 17.8 Å². The Kier molecular flexibility index (Phi) is 7.63. The Bertz CT molecular complexity index is 1110. The molecule has 0 aliphatic heterocycles. The van der Waals surface area contributed by atoms with Crippen LogP contribution in [0.25, 0.3) is 22.6 Å². The second kappa shape index (κ2) is 10.7. The molecular weight excluding hydrogens is 428 g/mol. The summed E-state index contributed by atoms with van der Waals surface area (Å²) < 4.78 is 11.3. The number of rotatable bonds is 9. The highest BCUT2D eigenvalue weighted by molar-refractivity contribution is 5.71. The molecule has 2 heterocycles. The number of aryl methyl sites for hydroxylation is 2. The Hall–Kier alpha value is -2.77. The Balaban J connectivity index is 1.71. The van der Waals surface area contributed by atoms with Crippen LogP contribution in [0.1, 0.15) is 48.9 Å². The van der Waals surface area contributed by atoms with Gasteiger partial charge in [-0.15, -0.1) is 0 Å². The zero-order valence-corrected chi connectivity index (χ0v) is 20.9. The molecule has 0 radical (unpaired) electrons. The van der Waals surface area contributed by atoms with Crippen LogP contribution in [-0.4, -0.2) is 46.5 Å². The standard InChI is InChI=1S/C27H36N4O3/c1-16-9-10-20(11-16)12-24-17(2)26(25-18(3)31-34-19(25)4)30-27(29-24)21-7-6-8-23(13-21)33-15-22(32)14-28-5/h6-8,13,16,20,22,28,32H,9-12,14-15H2,1-5H3/t16-,20-,22?/m0/s1. The maximum Gasteiger partial charge on any atom is 0.160 e. The third-order valence-electron chi connectivity index (χ3n) is 6.78. The maximum absolute atomic E-state index is 9.99. The van der Waals surface area contributed by atoms with Gasteiger partial charge in [0.05, 0.1) is 17.0 Å². The summed E-state index contributed by atoms with van der Waals surface area (Å²) in [5.74, 6) is 3.55. The van der Waals surface area contributed by atoms with E-state index in [0.29, 0.717) is 24.0 Å². The van der Waals surface area contributed by atoms with Crippen LogP contribution in [-0.2, 0) is 6.42 Å². The number of aliphatic hydroxyl groups excluding tert-OH is 1. The fourth-order valence-corrected chi connectivity index (χ4v) is 4.95. The molecule has 1 aliphatic rings. The Labute approximate surface area is 202 Å². The van der Waals surface area contributed by atoms with Gasteiger partial charge in [0.1, 0.15) is 24.2 Å². The Morgan fingerprint density at radius 3 is 2.71 bits per heavy atom. The lowest BCUT2D eigenvalue weighted by atomic mass is 9.95. The normalized spacial score (nSPS) is 18.9. The van der Waals surface area contributed by atoms with E-state index in [1.54, 1.807) is 7.05 Å². The third-order valence-corrected chi connectivity index (χ3v) is 6.78. The first-order valence-electron chi connectivity index (χ1n) is 12.2. The Morgan fingerprint density at radius 2 is 2.03 bits per heavy atom. The van der Waals surface area contributed by atoms with Crippen molar-refractivity contribution in [2.45, 2.75) is 59.5 Å². The zero-order chi connectivity index (χ0) is 24.2. The van der Waals surface area contributed by atoms with Gasteiger partial charge in [0.25, 0.3) is 0 Å². The second-order valence-corrected chi connectivity index (χ2v) is 9.71. The molecule has 182 valence electrons. The van der Waals surface area contributed by atoms with Crippen LogP contribution in [0.4, 0.5) is 0 Å². The van der Waals surface area contributed by atoms with E-state index < -0.39 is 6.10 Å². The molecule has 2 N–H and O–H groups in total. The molecule has 1 fully saturated rings. The smallest absolute Gasteiger partial charge is 0.160 e. The van der Waals surface area contributed by atoms with Crippen molar-refractivity contribution in [1.29, 1.82) is 0 Å². The van der Waals surface area contributed by atoms with Gasteiger partial charge in [-0.1, -0.05) is 30.6 Å². The van der Waals surface area contributed by atoms with Crippen LogP contribution in [0.3, 0.4) is 0 Å². The number of hydrogen-bond acceptors (Lipinski definition) is 7. The molecule has 0 spiro atoms. The lowest BCUT2D eigenvalue weighted by Crippen LogP contribution is -2.29. The number of aliphatic hydroxyl groups is 1. The molecule has 34 heavy (non-hydrogen) atoms. The first-order valence-corrected chi connectivity index (χ1v) is 12.2. The number of benzene rings is 1. The highest BCUT2D eigenvalue weighted by atomic mass is 16.5. The average Bonchev–Trinajstić information content (AvgIpc) is 3.38. The molecular formula is C27H36N4O3. The predicted molar refractivity (Wildman–Crippen MR) is 133 cm³/mol. The van der Waals surface area contributed by atoms with Crippen LogP contribution >= 0.6 is 0 Å². The van der Waals surface area contributed by atoms with Crippen molar-refractivity contribution in [3.05, 3.63) is 47.0 Å². The van der Waals surface area contributed by atoms with Crippen molar-refractivity contribution in [1.82, 2.24) is 20.4 Å². The molecule has 0 amide bonds. The number of nitrogens with one attached hydrogen (secondary N) is 1. The lowest BCUT2D eigenvalue weighted by molar-refractivity contribution is 0.108. The highest BCUT2D eigenvalue weighted by Gasteiger charge is 2.25. The lowest BCUT2D eigenvalue weighted by Gasteiger charge is -2.16. The molecule has 1 unspecified atom stereocenters. The Morgan fingerprint density at radius 1 is 1.21 bits per heavy atom. The van der Waals surface area contributed by atoms with E-state index >= 15 is 0 Å². The molecule has 2 aromatic heterocycles. The van der Waals surface area contributed by atoms with Crippen LogP contribution in [0, 0.1) is 32.6 Å². The first kappa shape index (κ1) is 24.4. The molecule has 3 atom stereocenters. The number of hydrogen-bond donors (Lipinski definition) is 2. The summed E-state index contributed by atoms with van der Waals surface area (Å²) >= 11 is 0. The van der Waals surface area contributed by atoms with Gasteiger partial charge in [-0.3, -0.25) is 0 Å². The highest BCUT2D eigenvalue weighted by Crippen LogP contribution is 2.36. The average molecular weight is 465 g/mol. The van der Waals surface area contributed by atoms with Gasteiger partial charge in [-0.2, -0.15) is 0 Å². The fraction of sp³-hybridized carbons (Fsp3) is 0.519.